The molecule has 0 spiro atoms. The van der Waals surface area contributed by atoms with Gasteiger partial charge in [0.1, 0.15) is 5.75 Å². The van der Waals surface area contributed by atoms with Crippen LogP contribution in [-0.2, 0) is 11.3 Å². The van der Waals surface area contributed by atoms with Crippen molar-refractivity contribution in [2.24, 2.45) is 0 Å². The molecule has 0 unspecified atom stereocenters. The smallest absolute Gasteiger partial charge is 0.266 e. The summed E-state index contributed by atoms with van der Waals surface area (Å²) in [5, 5.41) is 7.22. The topological polar surface area (TPSA) is 73.2 Å². The molecular weight excluding hydrogens is 390 g/mol. The summed E-state index contributed by atoms with van der Waals surface area (Å²) in [7, 11) is 0. The molecule has 0 radical (unpaired) electrons. The lowest BCUT2D eigenvalue weighted by molar-refractivity contribution is -0.123. The highest BCUT2D eigenvalue weighted by molar-refractivity contribution is 5.77. The van der Waals surface area contributed by atoms with Crippen molar-refractivity contribution in [2.75, 3.05) is 13.2 Å². The Bertz CT molecular complexity index is 1100. The fourth-order valence-electron chi connectivity index (χ4n) is 3.23. The summed E-state index contributed by atoms with van der Waals surface area (Å²) in [5.74, 6) is 0.796. The third-order valence-corrected chi connectivity index (χ3v) is 5.01. The molecule has 6 nitrogen and oxygen atoms in total. The van der Waals surface area contributed by atoms with E-state index in [1.807, 2.05) is 56.3 Å². The third kappa shape index (κ3) is 6.04. The first kappa shape index (κ1) is 22.3. The monoisotopic (exact) mass is 419 g/mol. The van der Waals surface area contributed by atoms with E-state index in [0.717, 1.165) is 33.7 Å². The van der Waals surface area contributed by atoms with Crippen molar-refractivity contribution in [3.63, 3.8) is 0 Å². The number of rotatable bonds is 8. The minimum Gasteiger partial charge on any atom is -0.483 e. The van der Waals surface area contributed by atoms with Crippen LogP contribution in [0.3, 0.4) is 0 Å². The average Bonchev–Trinajstić information content (AvgIpc) is 2.74. The van der Waals surface area contributed by atoms with E-state index in [1.165, 1.54) is 10.7 Å². The number of aromatic nitrogens is 2. The lowest BCUT2D eigenvalue weighted by Gasteiger charge is -2.15. The second-order valence-corrected chi connectivity index (χ2v) is 7.98. The Kier molecular flexibility index (Phi) is 7.23. The maximum atomic E-state index is 12.2. The molecule has 0 fully saturated rings. The Morgan fingerprint density at radius 2 is 1.74 bits per heavy atom. The molecule has 0 atom stereocenters. The number of nitrogens with zero attached hydrogens (tertiary/aromatic N) is 2. The van der Waals surface area contributed by atoms with Gasteiger partial charge in [-0.25, -0.2) is 4.68 Å². The van der Waals surface area contributed by atoms with Crippen molar-refractivity contribution in [1.29, 1.82) is 0 Å². The van der Waals surface area contributed by atoms with E-state index in [0.29, 0.717) is 5.92 Å². The number of amides is 1. The second-order valence-electron chi connectivity index (χ2n) is 7.98. The zero-order valence-corrected chi connectivity index (χ0v) is 18.5. The van der Waals surface area contributed by atoms with Crippen LogP contribution in [0, 0.1) is 13.8 Å². The van der Waals surface area contributed by atoms with Crippen molar-refractivity contribution < 1.29 is 9.53 Å². The average molecular weight is 420 g/mol. The number of ether oxygens (including phenoxy) is 1. The molecule has 2 aromatic carbocycles. The summed E-state index contributed by atoms with van der Waals surface area (Å²) in [4.78, 5) is 24.4. The van der Waals surface area contributed by atoms with Crippen LogP contribution in [0.4, 0.5) is 0 Å². The van der Waals surface area contributed by atoms with E-state index in [4.69, 9.17) is 4.74 Å². The maximum absolute atomic E-state index is 12.2. The molecule has 0 aliphatic rings. The van der Waals surface area contributed by atoms with Gasteiger partial charge in [0.15, 0.2) is 6.61 Å². The maximum Gasteiger partial charge on any atom is 0.266 e. The SMILES string of the molecule is Cc1ccc(-c2ccc(=O)n(CCNC(=O)COc3cc(C)ccc3C(C)C)n2)cc1. The van der Waals surface area contributed by atoms with Crippen LogP contribution in [0.5, 0.6) is 5.75 Å². The van der Waals surface area contributed by atoms with Crippen molar-refractivity contribution >= 4 is 5.91 Å². The Morgan fingerprint density at radius 1 is 1.03 bits per heavy atom. The molecule has 0 bridgehead atoms. The summed E-state index contributed by atoms with van der Waals surface area (Å²) in [6.07, 6.45) is 0. The molecule has 1 N–H and O–H groups in total. The van der Waals surface area contributed by atoms with Crippen LogP contribution in [0.2, 0.25) is 0 Å². The lowest BCUT2D eigenvalue weighted by atomic mass is 10.0. The molecule has 3 aromatic rings. The van der Waals surface area contributed by atoms with Gasteiger partial charge in [0, 0.05) is 18.2 Å². The number of carbonyl (C=O) groups excluding carboxylic acids is 1. The van der Waals surface area contributed by atoms with Crippen LogP contribution in [-0.4, -0.2) is 28.8 Å². The highest BCUT2D eigenvalue weighted by Crippen LogP contribution is 2.27. The summed E-state index contributed by atoms with van der Waals surface area (Å²) in [6.45, 7) is 8.69. The van der Waals surface area contributed by atoms with E-state index in [-0.39, 0.29) is 31.2 Å². The van der Waals surface area contributed by atoms with E-state index in [1.54, 1.807) is 6.07 Å². The van der Waals surface area contributed by atoms with Gasteiger partial charge in [0.05, 0.1) is 12.2 Å². The number of nitrogens with one attached hydrogen (secondary N) is 1. The first-order valence-corrected chi connectivity index (χ1v) is 10.5. The Hall–Kier alpha value is -3.41. The summed E-state index contributed by atoms with van der Waals surface area (Å²) < 4.78 is 7.13. The summed E-state index contributed by atoms with van der Waals surface area (Å²) in [6, 6.07) is 17.2. The van der Waals surface area contributed by atoms with Gasteiger partial charge in [-0.15, -0.1) is 0 Å². The van der Waals surface area contributed by atoms with E-state index < -0.39 is 0 Å². The minimum atomic E-state index is -0.237. The standard InChI is InChI=1S/C25H29N3O3/c1-17(2)21-10-7-19(4)15-23(21)31-16-24(29)26-13-14-28-25(30)12-11-22(27-28)20-8-5-18(3)6-9-20/h5-12,15,17H,13-14,16H2,1-4H3,(H,26,29). The number of hydrogen-bond donors (Lipinski definition) is 1. The van der Waals surface area contributed by atoms with Gasteiger partial charge in [0.25, 0.3) is 11.5 Å². The Morgan fingerprint density at radius 3 is 2.45 bits per heavy atom. The van der Waals surface area contributed by atoms with Crippen molar-refractivity contribution in [3.8, 4) is 17.0 Å². The molecule has 1 heterocycles. The minimum absolute atomic E-state index is 0.0745. The highest BCUT2D eigenvalue weighted by atomic mass is 16.5. The summed E-state index contributed by atoms with van der Waals surface area (Å²) >= 11 is 0. The van der Waals surface area contributed by atoms with Gasteiger partial charge in [-0.05, 0) is 43.0 Å². The fourth-order valence-corrected chi connectivity index (χ4v) is 3.23. The third-order valence-electron chi connectivity index (χ3n) is 5.01. The molecule has 1 amide bonds. The molecule has 3 rings (SSSR count). The van der Waals surface area contributed by atoms with Gasteiger partial charge in [-0.1, -0.05) is 55.8 Å². The fraction of sp³-hybridized carbons (Fsp3) is 0.320. The molecule has 1 aromatic heterocycles. The normalized spacial score (nSPS) is 10.9. The first-order valence-electron chi connectivity index (χ1n) is 10.5. The molecule has 0 aliphatic carbocycles. The van der Waals surface area contributed by atoms with E-state index >= 15 is 0 Å². The molecule has 162 valence electrons. The Balaban J connectivity index is 1.56. The first-order chi connectivity index (χ1) is 14.8. The van der Waals surface area contributed by atoms with E-state index in [2.05, 4.69) is 24.3 Å². The van der Waals surface area contributed by atoms with Gasteiger partial charge < -0.3 is 10.1 Å². The van der Waals surface area contributed by atoms with Crippen LogP contribution >= 0.6 is 0 Å². The number of carbonyl (C=O) groups is 1. The van der Waals surface area contributed by atoms with Crippen LogP contribution in [0.1, 0.15) is 36.5 Å². The Labute approximate surface area is 182 Å². The van der Waals surface area contributed by atoms with E-state index in [9.17, 15) is 9.59 Å². The predicted octanol–water partition coefficient (Wildman–Crippen LogP) is 3.85. The van der Waals surface area contributed by atoms with Gasteiger partial charge in [-0.3, -0.25) is 9.59 Å². The quantitative estimate of drug-likeness (QED) is 0.602. The van der Waals surface area contributed by atoms with Crippen LogP contribution in [0.25, 0.3) is 11.3 Å². The second kappa shape index (κ2) is 10.1. The van der Waals surface area contributed by atoms with Crippen LogP contribution < -0.4 is 15.6 Å². The number of hydrogen-bond acceptors (Lipinski definition) is 4. The zero-order valence-electron chi connectivity index (χ0n) is 18.5. The zero-order chi connectivity index (χ0) is 22.4. The summed E-state index contributed by atoms with van der Waals surface area (Å²) in [5.41, 5.74) is 4.77. The molecule has 31 heavy (non-hydrogen) atoms. The molecule has 6 heteroatoms. The molecule has 0 aliphatic heterocycles. The van der Waals surface area contributed by atoms with Gasteiger partial charge >= 0.3 is 0 Å². The number of benzene rings is 2. The predicted molar refractivity (Wildman–Crippen MR) is 122 cm³/mol. The van der Waals surface area contributed by atoms with Crippen molar-refractivity contribution in [3.05, 3.63) is 81.6 Å². The van der Waals surface area contributed by atoms with Gasteiger partial charge in [-0.2, -0.15) is 5.10 Å². The highest BCUT2D eigenvalue weighted by Gasteiger charge is 2.10. The lowest BCUT2D eigenvalue weighted by Crippen LogP contribution is -2.34. The van der Waals surface area contributed by atoms with Gasteiger partial charge in [0.2, 0.25) is 0 Å². The van der Waals surface area contributed by atoms with Crippen molar-refractivity contribution in [1.82, 2.24) is 15.1 Å². The van der Waals surface area contributed by atoms with Crippen molar-refractivity contribution in [2.45, 2.75) is 40.2 Å². The largest absolute Gasteiger partial charge is 0.483 e. The van der Waals surface area contributed by atoms with Crippen LogP contribution in [0.15, 0.2) is 59.4 Å². The molecule has 0 saturated carbocycles. The number of aryl methyl sites for hydroxylation is 2. The molecular formula is C25H29N3O3. The molecule has 0 saturated heterocycles.